The van der Waals surface area contributed by atoms with Crippen LogP contribution in [0, 0.1) is 11.7 Å². The predicted molar refractivity (Wildman–Crippen MR) is 74.2 cm³/mol. The summed E-state index contributed by atoms with van der Waals surface area (Å²) in [4.78, 5) is 16.1. The van der Waals surface area contributed by atoms with Crippen LogP contribution in [-0.2, 0) is 17.6 Å². The van der Waals surface area contributed by atoms with Crippen LogP contribution in [0.4, 0.5) is 4.39 Å². The molecule has 1 unspecified atom stereocenters. The number of carbonyl (C=O) groups is 1. The highest BCUT2D eigenvalue weighted by molar-refractivity contribution is 5.81. The van der Waals surface area contributed by atoms with E-state index in [-0.39, 0.29) is 11.7 Å². The summed E-state index contributed by atoms with van der Waals surface area (Å²) in [7, 11) is 0. The number of rotatable bonds is 4. The molecule has 1 heterocycles. The van der Waals surface area contributed by atoms with Gasteiger partial charge in [0, 0.05) is 25.2 Å². The highest BCUT2D eigenvalue weighted by atomic mass is 19.1. The summed E-state index contributed by atoms with van der Waals surface area (Å²) in [6.45, 7) is 0. The van der Waals surface area contributed by atoms with E-state index in [1.165, 1.54) is 12.1 Å². The largest absolute Gasteiger partial charge is 0.339 e. The van der Waals surface area contributed by atoms with Crippen LogP contribution in [-0.4, -0.2) is 15.9 Å². The molecule has 3 rings (SSSR count). The zero-order chi connectivity index (χ0) is 14.7. The van der Waals surface area contributed by atoms with Gasteiger partial charge in [-0.2, -0.15) is 4.98 Å². The van der Waals surface area contributed by atoms with Crippen molar-refractivity contribution >= 4 is 5.78 Å². The number of Topliss-reactive ketones (excluding diaryl/α,β-unsaturated/α-hetero) is 1. The lowest BCUT2D eigenvalue weighted by molar-refractivity contribution is -0.124. The van der Waals surface area contributed by atoms with E-state index < -0.39 is 0 Å². The van der Waals surface area contributed by atoms with Crippen LogP contribution in [0.15, 0.2) is 28.8 Å². The Labute approximate surface area is 122 Å². The minimum Gasteiger partial charge on any atom is -0.339 e. The fraction of sp³-hybridized carbons (Fsp3) is 0.438. The summed E-state index contributed by atoms with van der Waals surface area (Å²) >= 11 is 0. The Hall–Kier alpha value is -2.04. The van der Waals surface area contributed by atoms with E-state index in [0.717, 1.165) is 24.8 Å². The molecule has 4 nitrogen and oxygen atoms in total. The third kappa shape index (κ3) is 3.54. The summed E-state index contributed by atoms with van der Waals surface area (Å²) in [5.74, 6) is 1.07. The Morgan fingerprint density at radius 3 is 3.05 bits per heavy atom. The molecular formula is C16H17FN2O2. The van der Waals surface area contributed by atoms with Gasteiger partial charge in [0.15, 0.2) is 5.82 Å². The first-order valence-electron chi connectivity index (χ1n) is 7.29. The second-order valence-electron chi connectivity index (χ2n) is 5.52. The Morgan fingerprint density at radius 2 is 2.24 bits per heavy atom. The molecule has 0 spiro atoms. The molecule has 0 aliphatic heterocycles. The van der Waals surface area contributed by atoms with E-state index in [1.807, 2.05) is 6.07 Å². The average molecular weight is 288 g/mol. The van der Waals surface area contributed by atoms with Gasteiger partial charge in [0.05, 0.1) is 0 Å². The van der Waals surface area contributed by atoms with Gasteiger partial charge >= 0.3 is 0 Å². The fourth-order valence-electron chi connectivity index (χ4n) is 2.76. The lowest BCUT2D eigenvalue weighted by Gasteiger charge is -2.18. The number of hydrogen-bond acceptors (Lipinski definition) is 4. The summed E-state index contributed by atoms with van der Waals surface area (Å²) in [5.41, 5.74) is 0.802. The second-order valence-corrected chi connectivity index (χ2v) is 5.52. The normalized spacial score (nSPS) is 18.9. The summed E-state index contributed by atoms with van der Waals surface area (Å²) < 4.78 is 18.3. The van der Waals surface area contributed by atoms with Gasteiger partial charge in [-0.15, -0.1) is 0 Å². The number of carbonyl (C=O) groups excluding carboxylic acids is 1. The molecule has 1 aliphatic rings. The molecule has 0 radical (unpaired) electrons. The van der Waals surface area contributed by atoms with Gasteiger partial charge in [-0.3, -0.25) is 4.79 Å². The molecule has 1 aromatic carbocycles. The molecule has 1 atom stereocenters. The zero-order valence-corrected chi connectivity index (χ0v) is 11.7. The van der Waals surface area contributed by atoms with E-state index in [2.05, 4.69) is 10.1 Å². The lowest BCUT2D eigenvalue weighted by Crippen LogP contribution is -2.21. The van der Waals surface area contributed by atoms with Crippen molar-refractivity contribution in [1.82, 2.24) is 10.1 Å². The van der Waals surface area contributed by atoms with Crippen molar-refractivity contribution in [3.05, 3.63) is 47.4 Å². The number of benzene rings is 1. The number of ketones is 1. The lowest BCUT2D eigenvalue weighted by atomic mass is 9.86. The Morgan fingerprint density at radius 1 is 1.33 bits per heavy atom. The van der Waals surface area contributed by atoms with E-state index in [0.29, 0.717) is 36.8 Å². The molecule has 0 saturated heterocycles. The van der Waals surface area contributed by atoms with E-state index >= 15 is 0 Å². The van der Waals surface area contributed by atoms with Gasteiger partial charge in [-0.1, -0.05) is 23.7 Å². The maximum absolute atomic E-state index is 13.1. The van der Waals surface area contributed by atoms with Crippen molar-refractivity contribution in [2.45, 2.75) is 38.5 Å². The number of aromatic nitrogens is 2. The minimum absolute atomic E-state index is 0.0150. The highest BCUT2D eigenvalue weighted by Crippen LogP contribution is 2.23. The van der Waals surface area contributed by atoms with Crippen LogP contribution in [0.1, 0.15) is 43.0 Å². The summed E-state index contributed by atoms with van der Waals surface area (Å²) in [6.07, 6.45) is 4.59. The Bertz CT molecular complexity index is 639. The van der Waals surface area contributed by atoms with Gasteiger partial charge in [-0.05, 0) is 30.5 Å². The number of hydrogen-bond donors (Lipinski definition) is 0. The maximum Gasteiger partial charge on any atom is 0.227 e. The van der Waals surface area contributed by atoms with E-state index in [9.17, 15) is 9.18 Å². The van der Waals surface area contributed by atoms with Crippen molar-refractivity contribution < 1.29 is 13.7 Å². The van der Waals surface area contributed by atoms with Crippen LogP contribution < -0.4 is 0 Å². The van der Waals surface area contributed by atoms with Crippen molar-refractivity contribution in [3.63, 3.8) is 0 Å². The Kier molecular flexibility index (Phi) is 4.08. The molecule has 110 valence electrons. The first-order chi connectivity index (χ1) is 10.2. The van der Waals surface area contributed by atoms with Gasteiger partial charge in [0.25, 0.3) is 0 Å². The molecule has 0 N–H and O–H groups in total. The molecule has 0 amide bonds. The van der Waals surface area contributed by atoms with Crippen LogP contribution in [0.5, 0.6) is 0 Å². The third-order valence-electron chi connectivity index (χ3n) is 3.86. The van der Waals surface area contributed by atoms with Gasteiger partial charge in [0.2, 0.25) is 5.89 Å². The van der Waals surface area contributed by atoms with Crippen molar-refractivity contribution in [2.75, 3.05) is 0 Å². The SMILES string of the molecule is O=C1CCCCC1Cc1nc(Cc2cccc(F)c2)no1. The van der Waals surface area contributed by atoms with Crippen LogP contribution >= 0.6 is 0 Å². The summed E-state index contributed by atoms with van der Waals surface area (Å²) in [5, 5.41) is 3.91. The zero-order valence-electron chi connectivity index (χ0n) is 11.7. The van der Waals surface area contributed by atoms with E-state index in [1.54, 1.807) is 6.07 Å². The van der Waals surface area contributed by atoms with Crippen molar-refractivity contribution in [2.24, 2.45) is 5.92 Å². The highest BCUT2D eigenvalue weighted by Gasteiger charge is 2.24. The minimum atomic E-state index is -0.274. The Balaban J connectivity index is 1.64. The molecule has 1 aliphatic carbocycles. The topological polar surface area (TPSA) is 56.0 Å². The molecule has 21 heavy (non-hydrogen) atoms. The van der Waals surface area contributed by atoms with Gasteiger partial charge in [0.1, 0.15) is 11.6 Å². The second kappa shape index (κ2) is 6.16. The summed E-state index contributed by atoms with van der Waals surface area (Å²) in [6, 6.07) is 6.34. The van der Waals surface area contributed by atoms with E-state index in [4.69, 9.17) is 4.52 Å². The van der Waals surface area contributed by atoms with Crippen LogP contribution in [0.3, 0.4) is 0 Å². The molecule has 1 aromatic heterocycles. The molecule has 1 saturated carbocycles. The first kappa shape index (κ1) is 13.9. The molecule has 0 bridgehead atoms. The van der Waals surface area contributed by atoms with Gasteiger partial charge < -0.3 is 4.52 Å². The van der Waals surface area contributed by atoms with Gasteiger partial charge in [-0.25, -0.2) is 4.39 Å². The fourth-order valence-corrected chi connectivity index (χ4v) is 2.76. The van der Waals surface area contributed by atoms with Crippen LogP contribution in [0.2, 0.25) is 0 Å². The number of nitrogens with zero attached hydrogens (tertiary/aromatic N) is 2. The average Bonchev–Trinajstić information content (AvgIpc) is 2.89. The maximum atomic E-state index is 13.1. The molecular weight excluding hydrogens is 271 g/mol. The predicted octanol–water partition coefficient (Wildman–Crippen LogP) is 3.10. The quantitative estimate of drug-likeness (QED) is 0.867. The smallest absolute Gasteiger partial charge is 0.227 e. The molecule has 2 aromatic rings. The number of halogens is 1. The first-order valence-corrected chi connectivity index (χ1v) is 7.29. The van der Waals surface area contributed by atoms with Crippen molar-refractivity contribution in [1.29, 1.82) is 0 Å². The standard InChI is InChI=1S/C16H17FN2O2/c17-13-6-3-4-11(8-13)9-15-18-16(21-19-15)10-12-5-1-2-7-14(12)20/h3-4,6,8,12H,1-2,5,7,9-10H2. The monoisotopic (exact) mass is 288 g/mol. The molecule has 1 fully saturated rings. The van der Waals surface area contributed by atoms with Crippen molar-refractivity contribution in [3.8, 4) is 0 Å². The third-order valence-corrected chi connectivity index (χ3v) is 3.86. The molecule has 5 heteroatoms. The van der Waals surface area contributed by atoms with Crippen LogP contribution in [0.25, 0.3) is 0 Å².